The van der Waals surface area contributed by atoms with Crippen molar-refractivity contribution in [1.29, 1.82) is 0 Å². The molecule has 0 bridgehead atoms. The lowest BCUT2D eigenvalue weighted by molar-refractivity contribution is 0.0990. The maximum Gasteiger partial charge on any atom is 0.348 e. The zero-order valence-electron chi connectivity index (χ0n) is 11.6. The van der Waals surface area contributed by atoms with Gasteiger partial charge in [0.25, 0.3) is 5.91 Å². The molecule has 0 unspecified atom stereocenters. The average Bonchev–Trinajstić information content (AvgIpc) is 2.81. The zero-order chi connectivity index (χ0) is 16.3. The second-order valence-electron chi connectivity index (χ2n) is 4.01. The van der Waals surface area contributed by atoms with Gasteiger partial charge in [-0.15, -0.1) is 11.8 Å². The molecule has 0 saturated carbocycles. The van der Waals surface area contributed by atoms with E-state index in [2.05, 4.69) is 15.1 Å². The number of amides is 1. The van der Waals surface area contributed by atoms with Gasteiger partial charge >= 0.3 is 3.93 Å². The molecule has 2 aromatic heterocycles. The summed E-state index contributed by atoms with van der Waals surface area (Å²) in [5, 5.41) is 3.30. The highest BCUT2D eigenvalue weighted by Gasteiger charge is 2.31. The summed E-state index contributed by atoms with van der Waals surface area (Å²) >= 11 is 3.14. The largest absolute Gasteiger partial charge is 0.348 e. The van der Waals surface area contributed by atoms with Gasteiger partial charge in [0.1, 0.15) is 5.69 Å². The molecular formula is C12H11F2IN4OS2. The Kier molecular flexibility index (Phi) is 5.66. The topological polar surface area (TPSA) is 60.1 Å². The van der Waals surface area contributed by atoms with E-state index >= 15 is 0 Å². The summed E-state index contributed by atoms with van der Waals surface area (Å²) in [6.07, 6.45) is 1.50. The van der Waals surface area contributed by atoms with Crippen LogP contribution >= 0.6 is 45.7 Å². The minimum atomic E-state index is -3.09. The molecule has 2 aromatic rings. The third kappa shape index (κ3) is 4.10. The molecule has 0 atom stereocenters. The highest BCUT2D eigenvalue weighted by atomic mass is 127. The number of thioether (sulfide) groups is 1. The van der Waals surface area contributed by atoms with E-state index in [0.717, 1.165) is 28.3 Å². The number of pyridine rings is 1. The summed E-state index contributed by atoms with van der Waals surface area (Å²) in [4.78, 5) is 21.0. The van der Waals surface area contributed by atoms with Crippen molar-refractivity contribution in [3.05, 3.63) is 33.8 Å². The van der Waals surface area contributed by atoms with Gasteiger partial charge in [0.05, 0.1) is 0 Å². The Morgan fingerprint density at radius 2 is 2.32 bits per heavy atom. The van der Waals surface area contributed by atoms with Gasteiger partial charge in [-0.25, -0.2) is 9.67 Å². The molecule has 2 heterocycles. The minimum absolute atomic E-state index is 0.106. The van der Waals surface area contributed by atoms with Crippen LogP contribution in [0, 0.1) is 0 Å². The fourth-order valence-corrected chi connectivity index (χ4v) is 3.48. The van der Waals surface area contributed by atoms with Gasteiger partial charge in [-0.2, -0.15) is 18.9 Å². The Labute approximate surface area is 147 Å². The maximum atomic E-state index is 13.3. The molecule has 10 heteroatoms. The lowest BCUT2D eigenvalue weighted by atomic mass is 10.3. The van der Waals surface area contributed by atoms with E-state index in [0.29, 0.717) is 16.2 Å². The van der Waals surface area contributed by atoms with Gasteiger partial charge in [-0.3, -0.25) is 4.79 Å². The zero-order valence-corrected chi connectivity index (χ0v) is 15.4. The third-order valence-electron chi connectivity index (χ3n) is 2.42. The van der Waals surface area contributed by atoms with Crippen LogP contribution in [-0.2, 0) is 11.0 Å². The Morgan fingerprint density at radius 1 is 1.59 bits per heavy atom. The molecule has 1 amide bonds. The highest BCUT2D eigenvalue weighted by molar-refractivity contribution is 14.1. The molecule has 2 rings (SSSR count). The Balaban J connectivity index is 2.42. The summed E-state index contributed by atoms with van der Waals surface area (Å²) in [5.74, 6) is 0.213. The van der Waals surface area contributed by atoms with Crippen LogP contribution in [0.15, 0.2) is 28.2 Å². The molecule has 0 aliphatic heterocycles. The average molecular weight is 456 g/mol. The first-order valence-corrected chi connectivity index (χ1v) is 8.99. The van der Waals surface area contributed by atoms with Crippen molar-refractivity contribution >= 4 is 51.6 Å². The first-order valence-electron chi connectivity index (χ1n) is 6.11. The predicted octanol–water partition coefficient (Wildman–Crippen LogP) is 3.21. The molecule has 0 saturated heterocycles. The molecule has 0 aromatic carbocycles. The van der Waals surface area contributed by atoms with E-state index in [1.807, 2.05) is 6.92 Å². The number of hydrogen-bond acceptors (Lipinski definition) is 5. The fourth-order valence-electron chi connectivity index (χ4n) is 1.52. The summed E-state index contributed by atoms with van der Waals surface area (Å²) in [5.41, 5.74) is 0.213. The third-order valence-corrected chi connectivity index (χ3v) is 5.29. The number of aromatic nitrogens is 3. The van der Waals surface area contributed by atoms with Crippen molar-refractivity contribution in [2.45, 2.75) is 15.7 Å². The molecular weight excluding hydrogens is 445 g/mol. The maximum absolute atomic E-state index is 13.3. The van der Waals surface area contributed by atoms with Crippen LogP contribution in [0.5, 0.6) is 0 Å². The number of halogens is 3. The number of carbonyl (C=O) groups excluding carboxylic acids is 1. The van der Waals surface area contributed by atoms with Gasteiger partial charge in [-0.1, -0.05) is 18.3 Å². The number of aryl methyl sites for hydroxylation is 1. The normalized spacial score (nSPS) is 12.7. The molecule has 5 nitrogen and oxygen atoms in total. The number of hydrogen-bond donors (Lipinski definition) is 0. The molecule has 118 valence electrons. The fraction of sp³-hybridized carbons (Fsp3) is 0.333. The lowest BCUT2D eigenvalue weighted by Crippen LogP contribution is -2.15. The van der Waals surface area contributed by atoms with E-state index in [-0.39, 0.29) is 10.5 Å². The van der Waals surface area contributed by atoms with Gasteiger partial charge in [0, 0.05) is 40.7 Å². The first kappa shape index (κ1) is 17.5. The van der Waals surface area contributed by atoms with E-state index in [1.54, 1.807) is 12.1 Å². The highest BCUT2D eigenvalue weighted by Crippen LogP contribution is 2.34. The van der Waals surface area contributed by atoms with Crippen molar-refractivity contribution < 1.29 is 13.6 Å². The summed E-state index contributed by atoms with van der Waals surface area (Å²) in [6.45, 7) is 1.96. The van der Waals surface area contributed by atoms with Gasteiger partial charge in [-0.05, 0) is 17.9 Å². The molecule has 0 aliphatic rings. The Morgan fingerprint density at radius 3 is 2.91 bits per heavy atom. The molecule has 0 aliphatic carbocycles. The second-order valence-corrected chi connectivity index (χ2v) is 7.63. The van der Waals surface area contributed by atoms with Gasteiger partial charge in [0.2, 0.25) is 4.80 Å². The number of carbonyl (C=O) groups is 1. The van der Waals surface area contributed by atoms with Crippen LogP contribution < -0.4 is 4.80 Å². The van der Waals surface area contributed by atoms with E-state index < -0.39 is 14.8 Å². The summed E-state index contributed by atoms with van der Waals surface area (Å²) in [6, 6.07) is 3.51. The quantitative estimate of drug-likeness (QED) is 0.403. The van der Waals surface area contributed by atoms with Crippen molar-refractivity contribution in [2.24, 2.45) is 12.0 Å². The van der Waals surface area contributed by atoms with Crippen molar-refractivity contribution in [1.82, 2.24) is 14.8 Å². The molecule has 0 fully saturated rings. The van der Waals surface area contributed by atoms with Crippen molar-refractivity contribution in [2.75, 3.05) is 5.75 Å². The molecule has 0 radical (unpaired) electrons. The van der Waals surface area contributed by atoms with E-state index in [9.17, 15) is 13.6 Å². The molecule has 22 heavy (non-hydrogen) atoms. The predicted molar refractivity (Wildman–Crippen MR) is 89.5 cm³/mol. The smallest absolute Gasteiger partial charge is 0.265 e. The van der Waals surface area contributed by atoms with Crippen LogP contribution in [0.4, 0.5) is 8.78 Å². The Bertz CT molecular complexity index is 754. The van der Waals surface area contributed by atoms with Crippen molar-refractivity contribution in [3.63, 3.8) is 0 Å². The van der Waals surface area contributed by atoms with Crippen molar-refractivity contribution in [3.8, 4) is 0 Å². The minimum Gasteiger partial charge on any atom is -0.265 e. The van der Waals surface area contributed by atoms with E-state index in [4.69, 9.17) is 0 Å². The summed E-state index contributed by atoms with van der Waals surface area (Å²) < 4.78 is 24.6. The van der Waals surface area contributed by atoms with Crippen LogP contribution in [0.1, 0.15) is 22.4 Å². The number of nitrogens with zero attached hydrogens (tertiary/aromatic N) is 4. The van der Waals surface area contributed by atoms with Crippen LogP contribution in [0.2, 0.25) is 0 Å². The van der Waals surface area contributed by atoms with Crippen LogP contribution in [0.25, 0.3) is 0 Å². The monoisotopic (exact) mass is 456 g/mol. The number of alkyl halides is 3. The standard InChI is InChI=1S/C12H11F2IN4OS2/c1-3-21-7-5-4-6-16-8(7)9(20)17-11-19(2)18-10(22-11)12(13,14)15/h4-6H,3H2,1-2H3/b17-11-. The van der Waals surface area contributed by atoms with Crippen LogP contribution in [0.3, 0.4) is 0 Å². The van der Waals surface area contributed by atoms with Gasteiger partial charge in [0.15, 0.2) is 5.01 Å². The second kappa shape index (κ2) is 7.13. The van der Waals surface area contributed by atoms with Gasteiger partial charge < -0.3 is 0 Å². The Hall–Kier alpha value is -0.880. The molecule has 0 spiro atoms. The first-order chi connectivity index (χ1) is 10.3. The van der Waals surface area contributed by atoms with E-state index in [1.165, 1.54) is 29.7 Å². The summed E-state index contributed by atoms with van der Waals surface area (Å²) in [7, 11) is 1.47. The van der Waals surface area contributed by atoms with Crippen LogP contribution in [-0.4, -0.2) is 26.4 Å². The number of rotatable bonds is 4. The SMILES string of the molecule is CCSc1cccnc1C(=O)/N=c1\sc(C(F)(F)I)nn1C. The molecule has 0 N–H and O–H groups in total. The lowest BCUT2D eigenvalue weighted by Gasteiger charge is -2.02.